The molecule has 1 unspecified atom stereocenters. The molecule has 0 saturated carbocycles. The van der Waals surface area contributed by atoms with Crippen LogP contribution in [0, 0.1) is 6.92 Å². The van der Waals surface area contributed by atoms with E-state index < -0.39 is 0 Å². The molecule has 0 bridgehead atoms. The van der Waals surface area contributed by atoms with Gasteiger partial charge in [-0.3, -0.25) is 4.68 Å². The molecule has 0 saturated heterocycles. The number of rotatable bonds is 5. The van der Waals surface area contributed by atoms with Gasteiger partial charge in [-0.05, 0) is 25.8 Å². The highest BCUT2D eigenvalue weighted by atomic mass is 15.3. The minimum Gasteiger partial charge on any atom is -0.306 e. The summed E-state index contributed by atoms with van der Waals surface area (Å²) in [6.45, 7) is 7.35. The molecule has 0 spiro atoms. The van der Waals surface area contributed by atoms with E-state index in [1.807, 2.05) is 11.7 Å². The third-order valence-electron chi connectivity index (χ3n) is 3.47. The van der Waals surface area contributed by atoms with E-state index in [2.05, 4.69) is 61.6 Å². The Hall–Kier alpha value is -1.61. The molecule has 0 radical (unpaired) electrons. The lowest BCUT2D eigenvalue weighted by atomic mass is 10.1. The molecule has 1 atom stereocenters. The fourth-order valence-corrected chi connectivity index (χ4v) is 2.35. The van der Waals surface area contributed by atoms with E-state index in [-0.39, 0.29) is 0 Å². The van der Waals surface area contributed by atoms with Gasteiger partial charge < -0.3 is 5.32 Å². The average molecular weight is 257 g/mol. The summed E-state index contributed by atoms with van der Waals surface area (Å²) in [5.74, 6) is 0. The molecule has 0 aliphatic carbocycles. The second-order valence-electron chi connectivity index (χ2n) is 5.14. The molecule has 1 aromatic heterocycles. The molecule has 0 aliphatic rings. The van der Waals surface area contributed by atoms with Crippen LogP contribution in [0.5, 0.6) is 0 Å². The molecule has 1 aromatic carbocycles. The minimum atomic E-state index is 0.352. The summed E-state index contributed by atoms with van der Waals surface area (Å²) in [6, 6.07) is 9.01. The van der Waals surface area contributed by atoms with Crippen molar-refractivity contribution in [1.29, 1.82) is 0 Å². The van der Waals surface area contributed by atoms with Gasteiger partial charge in [0.15, 0.2) is 0 Å². The summed E-state index contributed by atoms with van der Waals surface area (Å²) in [5.41, 5.74) is 5.12. The molecule has 0 aliphatic heterocycles. The van der Waals surface area contributed by atoms with Gasteiger partial charge in [-0.2, -0.15) is 5.10 Å². The van der Waals surface area contributed by atoms with Crippen molar-refractivity contribution in [2.45, 2.75) is 39.8 Å². The molecule has 1 heterocycles. The standard InChI is InChI=1S/C16H23N3/c1-5-16-15(11-19(4)18-16)10-17-13(3)14-8-6-7-12(2)9-14/h6-9,11,13,17H,5,10H2,1-4H3. The van der Waals surface area contributed by atoms with E-state index >= 15 is 0 Å². The van der Waals surface area contributed by atoms with Crippen molar-refractivity contribution in [3.63, 3.8) is 0 Å². The normalized spacial score (nSPS) is 12.6. The van der Waals surface area contributed by atoms with E-state index in [4.69, 9.17) is 0 Å². The molecule has 0 amide bonds. The molecular formula is C16H23N3. The quantitative estimate of drug-likeness (QED) is 0.891. The van der Waals surface area contributed by atoms with Crippen molar-refractivity contribution in [1.82, 2.24) is 15.1 Å². The summed E-state index contributed by atoms with van der Waals surface area (Å²) in [5, 5.41) is 8.05. The van der Waals surface area contributed by atoms with E-state index in [9.17, 15) is 0 Å². The number of aromatic nitrogens is 2. The van der Waals surface area contributed by atoms with Gasteiger partial charge in [0.25, 0.3) is 0 Å². The van der Waals surface area contributed by atoms with Crippen molar-refractivity contribution >= 4 is 0 Å². The molecule has 3 heteroatoms. The SMILES string of the molecule is CCc1nn(C)cc1CNC(C)c1cccc(C)c1. The molecule has 0 fully saturated rings. The highest BCUT2D eigenvalue weighted by Gasteiger charge is 2.09. The highest BCUT2D eigenvalue weighted by molar-refractivity contribution is 5.25. The summed E-state index contributed by atoms with van der Waals surface area (Å²) < 4.78 is 1.90. The zero-order chi connectivity index (χ0) is 13.8. The molecule has 2 rings (SSSR count). The lowest BCUT2D eigenvalue weighted by Gasteiger charge is -2.14. The Kier molecular flexibility index (Phi) is 4.38. The largest absolute Gasteiger partial charge is 0.306 e. The Morgan fingerprint density at radius 1 is 1.37 bits per heavy atom. The molecular weight excluding hydrogens is 234 g/mol. The van der Waals surface area contributed by atoms with Gasteiger partial charge in [0.05, 0.1) is 5.69 Å². The van der Waals surface area contributed by atoms with Crippen molar-refractivity contribution in [3.8, 4) is 0 Å². The van der Waals surface area contributed by atoms with Crippen LogP contribution in [-0.4, -0.2) is 9.78 Å². The summed E-state index contributed by atoms with van der Waals surface area (Å²) in [6.07, 6.45) is 3.09. The predicted molar refractivity (Wildman–Crippen MR) is 79.0 cm³/mol. The third-order valence-corrected chi connectivity index (χ3v) is 3.47. The second-order valence-corrected chi connectivity index (χ2v) is 5.14. The molecule has 1 N–H and O–H groups in total. The fourth-order valence-electron chi connectivity index (χ4n) is 2.35. The van der Waals surface area contributed by atoms with Crippen molar-refractivity contribution in [2.24, 2.45) is 7.05 Å². The first-order chi connectivity index (χ1) is 9.10. The first-order valence-electron chi connectivity index (χ1n) is 6.91. The van der Waals surface area contributed by atoms with Gasteiger partial charge in [-0.1, -0.05) is 36.8 Å². The molecule has 19 heavy (non-hydrogen) atoms. The van der Waals surface area contributed by atoms with E-state index in [1.54, 1.807) is 0 Å². The van der Waals surface area contributed by atoms with Gasteiger partial charge in [-0.25, -0.2) is 0 Å². The smallest absolute Gasteiger partial charge is 0.0666 e. The van der Waals surface area contributed by atoms with Crippen LogP contribution in [0.4, 0.5) is 0 Å². The second kappa shape index (κ2) is 6.02. The number of hydrogen-bond acceptors (Lipinski definition) is 2. The van der Waals surface area contributed by atoms with Crippen LogP contribution in [0.15, 0.2) is 30.5 Å². The Morgan fingerprint density at radius 3 is 2.84 bits per heavy atom. The van der Waals surface area contributed by atoms with Gasteiger partial charge in [0.1, 0.15) is 0 Å². The van der Waals surface area contributed by atoms with Crippen LogP contribution >= 0.6 is 0 Å². The molecule has 102 valence electrons. The van der Waals surface area contributed by atoms with Crippen LogP contribution in [0.2, 0.25) is 0 Å². The van der Waals surface area contributed by atoms with Crippen molar-refractivity contribution < 1.29 is 0 Å². The van der Waals surface area contributed by atoms with Gasteiger partial charge in [0.2, 0.25) is 0 Å². The number of aryl methyl sites for hydroxylation is 3. The first-order valence-corrected chi connectivity index (χ1v) is 6.91. The maximum Gasteiger partial charge on any atom is 0.0666 e. The Morgan fingerprint density at radius 2 is 2.16 bits per heavy atom. The molecule has 2 aromatic rings. The number of nitrogens with one attached hydrogen (secondary N) is 1. The van der Waals surface area contributed by atoms with E-state index in [0.717, 1.165) is 13.0 Å². The number of nitrogens with zero attached hydrogens (tertiary/aromatic N) is 2. The van der Waals surface area contributed by atoms with E-state index in [1.165, 1.54) is 22.4 Å². The summed E-state index contributed by atoms with van der Waals surface area (Å²) >= 11 is 0. The maximum absolute atomic E-state index is 4.47. The fraction of sp³-hybridized carbons (Fsp3) is 0.438. The van der Waals surface area contributed by atoms with Crippen LogP contribution < -0.4 is 5.32 Å². The van der Waals surface area contributed by atoms with Crippen LogP contribution in [0.1, 0.15) is 42.3 Å². The lowest BCUT2D eigenvalue weighted by Crippen LogP contribution is -2.18. The Labute approximate surface area is 115 Å². The molecule has 3 nitrogen and oxygen atoms in total. The number of benzene rings is 1. The minimum absolute atomic E-state index is 0.352. The van der Waals surface area contributed by atoms with E-state index in [0.29, 0.717) is 6.04 Å². The third kappa shape index (κ3) is 3.44. The topological polar surface area (TPSA) is 29.9 Å². The van der Waals surface area contributed by atoms with Crippen LogP contribution in [0.3, 0.4) is 0 Å². The summed E-state index contributed by atoms with van der Waals surface area (Å²) in [4.78, 5) is 0. The average Bonchev–Trinajstić information content (AvgIpc) is 2.76. The first kappa shape index (κ1) is 13.8. The zero-order valence-electron chi connectivity index (χ0n) is 12.3. The van der Waals surface area contributed by atoms with Crippen molar-refractivity contribution in [2.75, 3.05) is 0 Å². The lowest BCUT2D eigenvalue weighted by molar-refractivity contribution is 0.572. The maximum atomic E-state index is 4.47. The zero-order valence-corrected chi connectivity index (χ0v) is 12.3. The van der Waals surface area contributed by atoms with Gasteiger partial charge in [0, 0.05) is 31.4 Å². The van der Waals surface area contributed by atoms with Crippen molar-refractivity contribution in [3.05, 3.63) is 52.8 Å². The van der Waals surface area contributed by atoms with Crippen LogP contribution in [0.25, 0.3) is 0 Å². The van der Waals surface area contributed by atoms with Gasteiger partial charge in [-0.15, -0.1) is 0 Å². The summed E-state index contributed by atoms with van der Waals surface area (Å²) in [7, 11) is 1.98. The predicted octanol–water partition coefficient (Wildman–Crippen LogP) is 3.14. The Balaban J connectivity index is 2.02. The van der Waals surface area contributed by atoms with Gasteiger partial charge >= 0.3 is 0 Å². The Bertz CT molecular complexity index is 543. The van der Waals surface area contributed by atoms with Crippen LogP contribution in [-0.2, 0) is 20.0 Å². The number of hydrogen-bond donors (Lipinski definition) is 1. The monoisotopic (exact) mass is 257 g/mol. The highest BCUT2D eigenvalue weighted by Crippen LogP contribution is 2.15.